The summed E-state index contributed by atoms with van der Waals surface area (Å²) < 4.78 is 1.99. The summed E-state index contributed by atoms with van der Waals surface area (Å²) in [5.41, 5.74) is 7.78. The summed E-state index contributed by atoms with van der Waals surface area (Å²) in [7, 11) is 0. The summed E-state index contributed by atoms with van der Waals surface area (Å²) in [6.07, 6.45) is 1.89. The highest BCUT2D eigenvalue weighted by atomic mass is 35.5. The van der Waals surface area contributed by atoms with Gasteiger partial charge in [-0.05, 0) is 60.4 Å². The van der Waals surface area contributed by atoms with Gasteiger partial charge in [0.05, 0.1) is 27.1 Å². The van der Waals surface area contributed by atoms with Crippen LogP contribution in [0.15, 0.2) is 66.7 Å². The molecule has 2 nitrogen and oxygen atoms in total. The Bertz CT molecular complexity index is 1190. The first-order valence-electron chi connectivity index (χ1n) is 9.03. The van der Waals surface area contributed by atoms with E-state index < -0.39 is 0 Å². The van der Waals surface area contributed by atoms with Crippen molar-refractivity contribution in [3.63, 3.8) is 0 Å². The summed E-state index contributed by atoms with van der Waals surface area (Å²) in [4.78, 5) is 0. The van der Waals surface area contributed by atoms with Gasteiger partial charge in [-0.1, -0.05) is 65.1 Å². The van der Waals surface area contributed by atoms with E-state index in [-0.39, 0.29) is 0 Å². The Morgan fingerprint density at radius 3 is 2.36 bits per heavy atom. The molecule has 0 fully saturated rings. The summed E-state index contributed by atoms with van der Waals surface area (Å²) in [5, 5.41) is 6.74. The number of halogens is 3. The Morgan fingerprint density at radius 1 is 0.786 bits per heavy atom. The quantitative estimate of drug-likeness (QED) is 0.330. The van der Waals surface area contributed by atoms with Crippen LogP contribution < -0.4 is 0 Å². The fraction of sp³-hybridized carbons (Fsp3) is 0.0870. The van der Waals surface area contributed by atoms with Crippen molar-refractivity contribution in [3.8, 4) is 28.1 Å². The third-order valence-electron chi connectivity index (χ3n) is 5.14. The molecule has 0 bridgehead atoms. The van der Waals surface area contributed by atoms with E-state index in [4.69, 9.17) is 39.9 Å². The molecule has 0 unspecified atom stereocenters. The molecule has 28 heavy (non-hydrogen) atoms. The van der Waals surface area contributed by atoms with Crippen LogP contribution in [0.3, 0.4) is 0 Å². The van der Waals surface area contributed by atoms with Crippen molar-refractivity contribution in [2.45, 2.75) is 12.8 Å². The van der Waals surface area contributed by atoms with E-state index in [9.17, 15) is 0 Å². The fourth-order valence-electron chi connectivity index (χ4n) is 3.84. The number of aryl methyl sites for hydroxylation is 2. The van der Waals surface area contributed by atoms with Crippen LogP contribution in [-0.4, -0.2) is 9.78 Å². The van der Waals surface area contributed by atoms with E-state index in [2.05, 4.69) is 24.3 Å². The molecular weight excluding hydrogens is 411 g/mol. The van der Waals surface area contributed by atoms with Crippen LogP contribution in [0.2, 0.25) is 15.1 Å². The maximum atomic E-state index is 6.35. The second kappa shape index (κ2) is 6.97. The summed E-state index contributed by atoms with van der Waals surface area (Å²) in [6.45, 7) is 0. The molecule has 1 aromatic heterocycles. The number of nitrogens with zero attached hydrogens (tertiary/aromatic N) is 2. The van der Waals surface area contributed by atoms with Crippen LogP contribution in [0.5, 0.6) is 0 Å². The molecular formula is C23H15Cl3N2. The van der Waals surface area contributed by atoms with Gasteiger partial charge >= 0.3 is 0 Å². The molecule has 0 radical (unpaired) electrons. The molecule has 3 aromatic carbocycles. The molecule has 0 spiro atoms. The van der Waals surface area contributed by atoms with E-state index in [0.29, 0.717) is 15.1 Å². The molecule has 5 rings (SSSR count). The minimum atomic E-state index is 0.529. The maximum absolute atomic E-state index is 6.35. The summed E-state index contributed by atoms with van der Waals surface area (Å²) in [5.74, 6) is 0. The number of rotatable bonds is 2. The number of hydrogen-bond donors (Lipinski definition) is 0. The fourth-order valence-corrected chi connectivity index (χ4v) is 4.26. The first-order valence-corrected chi connectivity index (χ1v) is 10.2. The van der Waals surface area contributed by atoms with Crippen molar-refractivity contribution in [1.29, 1.82) is 0 Å². The predicted molar refractivity (Wildman–Crippen MR) is 117 cm³/mol. The van der Waals surface area contributed by atoms with Crippen LogP contribution in [-0.2, 0) is 12.8 Å². The molecule has 1 aliphatic rings. The lowest BCUT2D eigenvalue weighted by atomic mass is 9.87. The van der Waals surface area contributed by atoms with Crippen LogP contribution in [0, 0.1) is 0 Å². The first kappa shape index (κ1) is 17.8. The number of hydrogen-bond acceptors (Lipinski definition) is 1. The van der Waals surface area contributed by atoms with Gasteiger partial charge in [0.25, 0.3) is 0 Å². The van der Waals surface area contributed by atoms with Gasteiger partial charge < -0.3 is 0 Å². The predicted octanol–water partition coefficient (Wildman–Crippen LogP) is 7.27. The van der Waals surface area contributed by atoms with Gasteiger partial charge in [0.2, 0.25) is 0 Å². The van der Waals surface area contributed by atoms with Crippen molar-refractivity contribution in [3.05, 3.63) is 93.1 Å². The Balaban J connectivity index is 1.83. The molecule has 0 atom stereocenters. The van der Waals surface area contributed by atoms with Gasteiger partial charge in [-0.2, -0.15) is 5.10 Å². The highest BCUT2D eigenvalue weighted by Gasteiger charge is 2.26. The second-order valence-electron chi connectivity index (χ2n) is 6.84. The largest absolute Gasteiger partial charge is 0.232 e. The first-order chi connectivity index (χ1) is 13.6. The summed E-state index contributed by atoms with van der Waals surface area (Å²) >= 11 is 18.6. The molecule has 0 saturated carbocycles. The topological polar surface area (TPSA) is 17.8 Å². The van der Waals surface area contributed by atoms with Crippen molar-refractivity contribution in [2.24, 2.45) is 0 Å². The van der Waals surface area contributed by atoms with Crippen LogP contribution in [0.4, 0.5) is 0 Å². The lowest BCUT2D eigenvalue weighted by Gasteiger charge is -2.17. The minimum Gasteiger partial charge on any atom is -0.232 e. The lowest BCUT2D eigenvalue weighted by Crippen LogP contribution is -2.03. The molecule has 0 aliphatic heterocycles. The molecule has 138 valence electrons. The van der Waals surface area contributed by atoms with E-state index in [1.54, 1.807) is 0 Å². The Labute approximate surface area is 178 Å². The number of benzene rings is 3. The maximum Gasteiger partial charge on any atom is 0.0823 e. The average Bonchev–Trinajstić information content (AvgIpc) is 3.11. The van der Waals surface area contributed by atoms with Crippen LogP contribution >= 0.6 is 34.8 Å². The van der Waals surface area contributed by atoms with E-state index in [1.165, 1.54) is 11.1 Å². The zero-order valence-corrected chi connectivity index (χ0v) is 17.1. The zero-order valence-electron chi connectivity index (χ0n) is 14.8. The highest BCUT2D eigenvalue weighted by Crippen LogP contribution is 2.42. The lowest BCUT2D eigenvalue weighted by molar-refractivity contribution is 0.818. The molecule has 0 amide bonds. The van der Waals surface area contributed by atoms with Gasteiger partial charge in [0.1, 0.15) is 0 Å². The average molecular weight is 426 g/mol. The minimum absolute atomic E-state index is 0.529. The van der Waals surface area contributed by atoms with Crippen molar-refractivity contribution in [1.82, 2.24) is 9.78 Å². The Kier molecular flexibility index (Phi) is 4.43. The molecule has 5 heteroatoms. The van der Waals surface area contributed by atoms with Gasteiger partial charge in [-0.3, -0.25) is 0 Å². The Morgan fingerprint density at radius 2 is 1.57 bits per heavy atom. The third kappa shape index (κ3) is 2.93. The van der Waals surface area contributed by atoms with Crippen molar-refractivity contribution >= 4 is 34.8 Å². The van der Waals surface area contributed by atoms with E-state index in [1.807, 2.05) is 47.1 Å². The van der Waals surface area contributed by atoms with Crippen molar-refractivity contribution in [2.75, 3.05) is 0 Å². The van der Waals surface area contributed by atoms with E-state index in [0.717, 1.165) is 41.0 Å². The Hall–Kier alpha value is -2.26. The van der Waals surface area contributed by atoms with Crippen LogP contribution in [0.25, 0.3) is 28.1 Å². The zero-order chi connectivity index (χ0) is 19.3. The number of aromatic nitrogens is 2. The summed E-state index contributed by atoms with van der Waals surface area (Å²) in [6, 6.07) is 22.0. The number of fused-ring (bicyclic) bond motifs is 3. The monoisotopic (exact) mass is 424 g/mol. The van der Waals surface area contributed by atoms with Crippen LogP contribution in [0.1, 0.15) is 11.3 Å². The van der Waals surface area contributed by atoms with Crippen molar-refractivity contribution < 1.29 is 0 Å². The molecule has 1 aliphatic carbocycles. The van der Waals surface area contributed by atoms with Gasteiger partial charge in [0.15, 0.2) is 0 Å². The standard InChI is InChI=1S/C23H15Cl3N2/c24-16-7-9-17(10-8-16)28-23(15-5-11-19(25)20(26)13-15)22-18-4-2-1-3-14(18)6-12-21(22)27-28/h1-5,7-11,13H,6,12H2. The van der Waals surface area contributed by atoms with Gasteiger partial charge in [-0.15, -0.1) is 0 Å². The normalized spacial score (nSPS) is 12.5. The van der Waals surface area contributed by atoms with Gasteiger partial charge in [0, 0.05) is 16.1 Å². The van der Waals surface area contributed by atoms with Gasteiger partial charge in [-0.25, -0.2) is 4.68 Å². The molecule has 0 saturated heterocycles. The second-order valence-corrected chi connectivity index (χ2v) is 8.10. The molecule has 0 N–H and O–H groups in total. The SMILES string of the molecule is Clc1ccc(-n2nc3c(c2-c2ccc(Cl)c(Cl)c2)-c2ccccc2CC3)cc1. The van der Waals surface area contributed by atoms with E-state index >= 15 is 0 Å². The third-order valence-corrected chi connectivity index (χ3v) is 6.13. The smallest absolute Gasteiger partial charge is 0.0823 e. The molecule has 1 heterocycles. The highest BCUT2D eigenvalue weighted by molar-refractivity contribution is 6.42. The molecule has 4 aromatic rings.